The predicted octanol–water partition coefficient (Wildman–Crippen LogP) is 4.05. The van der Waals surface area contributed by atoms with Crippen LogP contribution in [0.2, 0.25) is 0 Å². The highest BCUT2D eigenvalue weighted by Gasteiger charge is 2.19. The third kappa shape index (κ3) is 4.25. The lowest BCUT2D eigenvalue weighted by Gasteiger charge is -2.11. The van der Waals surface area contributed by atoms with Crippen LogP contribution in [0.15, 0.2) is 56.1 Å². The van der Waals surface area contributed by atoms with Crippen LogP contribution < -0.4 is 15.1 Å². The average molecular weight is 431 g/mol. The first-order chi connectivity index (χ1) is 12.8. The van der Waals surface area contributed by atoms with Crippen molar-refractivity contribution in [2.24, 2.45) is 0 Å². The molecule has 0 amide bonds. The molecule has 0 atom stereocenters. The molecule has 0 saturated carbocycles. The van der Waals surface area contributed by atoms with E-state index in [1.54, 1.807) is 31.2 Å². The van der Waals surface area contributed by atoms with Crippen molar-refractivity contribution in [3.63, 3.8) is 0 Å². The number of carbonyl (C=O) groups is 2. The van der Waals surface area contributed by atoms with Crippen LogP contribution in [0.4, 0.5) is 0 Å². The number of esters is 1. The summed E-state index contributed by atoms with van der Waals surface area (Å²) < 4.78 is 16.7. The van der Waals surface area contributed by atoms with Crippen LogP contribution in [-0.2, 0) is 4.79 Å². The van der Waals surface area contributed by atoms with Gasteiger partial charge in [-0.1, -0.05) is 22.0 Å². The first-order valence-corrected chi connectivity index (χ1v) is 8.82. The Morgan fingerprint density at radius 2 is 1.93 bits per heavy atom. The van der Waals surface area contributed by atoms with Crippen molar-refractivity contribution in [3.05, 3.63) is 68.5 Å². The molecule has 0 fully saturated rings. The summed E-state index contributed by atoms with van der Waals surface area (Å²) in [4.78, 5) is 36.0. The number of fused-ring (bicyclic) bond motifs is 1. The summed E-state index contributed by atoms with van der Waals surface area (Å²) in [6, 6.07) is 11.5. The molecule has 6 nitrogen and oxygen atoms in total. The molecule has 1 heterocycles. The fourth-order valence-electron chi connectivity index (χ4n) is 2.64. The van der Waals surface area contributed by atoms with Crippen molar-refractivity contribution < 1.29 is 23.5 Å². The fraction of sp³-hybridized carbons (Fsp3) is 0.150. The number of Topliss-reactive ketones (excluding diaryl/α,β-unsaturated/α-hetero) is 1. The number of hydrogen-bond donors (Lipinski definition) is 0. The number of hydrogen-bond acceptors (Lipinski definition) is 6. The molecule has 138 valence electrons. The van der Waals surface area contributed by atoms with Crippen molar-refractivity contribution in [2.75, 3.05) is 6.61 Å². The lowest BCUT2D eigenvalue weighted by atomic mass is 10.0. The van der Waals surface area contributed by atoms with E-state index in [4.69, 9.17) is 13.9 Å². The van der Waals surface area contributed by atoms with Gasteiger partial charge in [0.15, 0.2) is 18.0 Å². The van der Waals surface area contributed by atoms with Gasteiger partial charge in [0.2, 0.25) is 0 Å². The van der Waals surface area contributed by atoms with E-state index < -0.39 is 11.6 Å². The Morgan fingerprint density at radius 3 is 2.63 bits per heavy atom. The normalized spacial score (nSPS) is 10.6. The Kier molecular flexibility index (Phi) is 5.41. The molecule has 27 heavy (non-hydrogen) atoms. The Hall–Kier alpha value is -2.93. The van der Waals surface area contributed by atoms with E-state index in [0.29, 0.717) is 16.7 Å². The van der Waals surface area contributed by atoms with E-state index in [1.807, 2.05) is 6.07 Å². The molecule has 3 rings (SSSR count). The van der Waals surface area contributed by atoms with Crippen molar-refractivity contribution in [2.45, 2.75) is 13.8 Å². The maximum Gasteiger partial charge on any atom is 0.349 e. The number of rotatable bonds is 5. The van der Waals surface area contributed by atoms with Crippen molar-refractivity contribution >= 4 is 38.7 Å². The molecule has 3 aromatic rings. The van der Waals surface area contributed by atoms with Gasteiger partial charge in [-0.2, -0.15) is 0 Å². The van der Waals surface area contributed by atoms with Crippen molar-refractivity contribution in [3.8, 4) is 11.5 Å². The van der Waals surface area contributed by atoms with E-state index in [-0.39, 0.29) is 29.3 Å². The van der Waals surface area contributed by atoms with Gasteiger partial charge in [0, 0.05) is 15.9 Å². The summed E-state index contributed by atoms with van der Waals surface area (Å²) in [5.74, 6) is -0.559. The topological polar surface area (TPSA) is 82.8 Å². The molecular formula is C20H15BrO6. The molecule has 0 spiro atoms. The zero-order valence-electron chi connectivity index (χ0n) is 14.6. The van der Waals surface area contributed by atoms with Crippen LogP contribution >= 0.6 is 15.9 Å². The van der Waals surface area contributed by atoms with Gasteiger partial charge in [-0.25, -0.2) is 9.59 Å². The van der Waals surface area contributed by atoms with Crippen molar-refractivity contribution in [1.29, 1.82) is 0 Å². The zero-order valence-corrected chi connectivity index (χ0v) is 16.2. The molecule has 1 aromatic heterocycles. The van der Waals surface area contributed by atoms with Gasteiger partial charge in [-0.15, -0.1) is 0 Å². The molecule has 0 aliphatic rings. The van der Waals surface area contributed by atoms with Crippen LogP contribution in [0, 0.1) is 6.92 Å². The lowest BCUT2D eigenvalue weighted by molar-refractivity contribution is -0.136. The molecule has 0 aliphatic carbocycles. The molecule has 0 N–H and O–H groups in total. The molecule has 0 aliphatic heterocycles. The Labute approximate surface area is 162 Å². The minimum absolute atomic E-state index is 0.0200. The SMILES string of the molecule is CC(=O)c1c(OC(=O)COc2cccc(Br)c2)ccc2c(C)cc(=O)oc12. The lowest BCUT2D eigenvalue weighted by Crippen LogP contribution is -2.19. The Morgan fingerprint density at radius 1 is 1.15 bits per heavy atom. The van der Waals surface area contributed by atoms with E-state index in [1.165, 1.54) is 19.1 Å². The predicted molar refractivity (Wildman–Crippen MR) is 102 cm³/mol. The monoisotopic (exact) mass is 430 g/mol. The number of benzene rings is 2. The van der Waals surface area contributed by atoms with Gasteiger partial charge in [0.1, 0.15) is 17.1 Å². The quantitative estimate of drug-likeness (QED) is 0.262. The largest absolute Gasteiger partial charge is 0.482 e. The first kappa shape index (κ1) is 18.8. The zero-order chi connectivity index (χ0) is 19.6. The number of aryl methyl sites for hydroxylation is 1. The smallest absolute Gasteiger partial charge is 0.349 e. The molecule has 7 heteroatoms. The second-order valence-corrected chi connectivity index (χ2v) is 6.76. The minimum atomic E-state index is -0.688. The number of carbonyl (C=O) groups excluding carboxylic acids is 2. The Balaban J connectivity index is 1.88. The summed E-state index contributed by atoms with van der Waals surface area (Å²) in [5, 5.41) is 0.602. The third-order valence-electron chi connectivity index (χ3n) is 3.81. The van der Waals surface area contributed by atoms with Crippen molar-refractivity contribution in [1.82, 2.24) is 0 Å². The Bertz CT molecular complexity index is 1100. The van der Waals surface area contributed by atoms with E-state index in [0.717, 1.165) is 4.47 Å². The second-order valence-electron chi connectivity index (χ2n) is 5.84. The summed E-state index contributed by atoms with van der Waals surface area (Å²) >= 11 is 3.31. The summed E-state index contributed by atoms with van der Waals surface area (Å²) in [7, 11) is 0. The van der Waals surface area contributed by atoms with Crippen LogP contribution in [0.5, 0.6) is 11.5 Å². The van der Waals surface area contributed by atoms with Gasteiger partial charge in [0.25, 0.3) is 0 Å². The number of halogens is 1. The maximum absolute atomic E-state index is 12.2. The van der Waals surface area contributed by atoms with Gasteiger partial charge in [-0.3, -0.25) is 4.79 Å². The summed E-state index contributed by atoms with van der Waals surface area (Å²) in [5.41, 5.74) is 0.235. The van der Waals surface area contributed by atoms with Crippen LogP contribution in [0.1, 0.15) is 22.8 Å². The van der Waals surface area contributed by atoms with Gasteiger partial charge >= 0.3 is 11.6 Å². The minimum Gasteiger partial charge on any atom is -0.482 e. The highest BCUT2D eigenvalue weighted by molar-refractivity contribution is 9.10. The van der Waals surface area contributed by atoms with Crippen LogP contribution in [-0.4, -0.2) is 18.4 Å². The van der Waals surface area contributed by atoms with E-state index in [2.05, 4.69) is 15.9 Å². The average Bonchev–Trinajstić information content (AvgIpc) is 2.59. The molecule has 2 aromatic carbocycles. The number of ether oxygens (including phenoxy) is 2. The second kappa shape index (κ2) is 7.75. The molecule has 0 unspecified atom stereocenters. The van der Waals surface area contributed by atoms with Gasteiger partial charge in [-0.05, 0) is 49.7 Å². The van der Waals surface area contributed by atoms with Crippen LogP contribution in [0.3, 0.4) is 0 Å². The first-order valence-electron chi connectivity index (χ1n) is 8.02. The van der Waals surface area contributed by atoms with E-state index >= 15 is 0 Å². The van der Waals surface area contributed by atoms with Crippen LogP contribution in [0.25, 0.3) is 11.0 Å². The summed E-state index contributed by atoms with van der Waals surface area (Å²) in [6.45, 7) is 2.71. The standard InChI is InChI=1S/C20H15BrO6/c1-11-8-17(23)27-20-15(11)6-7-16(19(20)12(2)22)26-18(24)10-25-14-5-3-4-13(21)9-14/h3-9H,10H2,1-2H3. The molecule has 0 radical (unpaired) electrons. The summed E-state index contributed by atoms with van der Waals surface area (Å²) in [6.07, 6.45) is 0. The molecule has 0 bridgehead atoms. The van der Waals surface area contributed by atoms with Gasteiger partial charge < -0.3 is 13.9 Å². The number of ketones is 1. The van der Waals surface area contributed by atoms with Gasteiger partial charge in [0.05, 0.1) is 0 Å². The highest BCUT2D eigenvalue weighted by atomic mass is 79.9. The third-order valence-corrected chi connectivity index (χ3v) is 4.30. The highest BCUT2D eigenvalue weighted by Crippen LogP contribution is 2.29. The fourth-order valence-corrected chi connectivity index (χ4v) is 3.01. The maximum atomic E-state index is 12.2. The van der Waals surface area contributed by atoms with E-state index in [9.17, 15) is 14.4 Å². The molecule has 0 saturated heterocycles. The molecular weight excluding hydrogens is 416 g/mol.